The molecule has 0 bridgehead atoms. The van der Waals surface area contributed by atoms with Crippen molar-refractivity contribution in [1.82, 2.24) is 10.2 Å². The molecule has 3 heteroatoms. The molecule has 0 aromatic heterocycles. The van der Waals surface area contributed by atoms with Crippen LogP contribution in [0.3, 0.4) is 0 Å². The summed E-state index contributed by atoms with van der Waals surface area (Å²) in [5, 5.41) is 3.57. The summed E-state index contributed by atoms with van der Waals surface area (Å²) in [4.78, 5) is 14.9. The summed E-state index contributed by atoms with van der Waals surface area (Å²) in [5.41, 5.74) is 0.407. The van der Waals surface area contributed by atoms with Gasteiger partial charge in [0, 0.05) is 6.54 Å². The number of nitrogens with zero attached hydrogens (tertiary/aromatic N) is 1. The molecular weight excluding hydrogens is 248 g/mol. The van der Waals surface area contributed by atoms with Gasteiger partial charge >= 0.3 is 0 Å². The third-order valence-corrected chi connectivity index (χ3v) is 5.50. The van der Waals surface area contributed by atoms with E-state index in [4.69, 9.17) is 0 Å². The van der Waals surface area contributed by atoms with E-state index in [1.54, 1.807) is 0 Å². The van der Waals surface area contributed by atoms with E-state index in [9.17, 15) is 4.79 Å². The molecule has 2 fully saturated rings. The molecule has 0 aromatic rings. The summed E-state index contributed by atoms with van der Waals surface area (Å²) >= 11 is 0. The van der Waals surface area contributed by atoms with Gasteiger partial charge in [-0.2, -0.15) is 0 Å². The maximum Gasteiger partial charge on any atom is 0.241 e. The Balaban J connectivity index is 2.02. The molecule has 2 atom stereocenters. The second-order valence-electron chi connectivity index (χ2n) is 6.81. The van der Waals surface area contributed by atoms with Crippen LogP contribution in [-0.4, -0.2) is 29.6 Å². The first kappa shape index (κ1) is 15.8. The van der Waals surface area contributed by atoms with Crippen molar-refractivity contribution in [2.75, 3.05) is 6.54 Å². The first-order chi connectivity index (χ1) is 9.65. The number of carbonyl (C=O) groups excluding carboxylic acids is 1. The quantitative estimate of drug-likeness (QED) is 0.771. The summed E-state index contributed by atoms with van der Waals surface area (Å²) < 4.78 is 0. The Morgan fingerprint density at radius 1 is 1.25 bits per heavy atom. The molecule has 3 nitrogen and oxygen atoms in total. The molecule has 1 heterocycles. The minimum absolute atomic E-state index is 0.0789. The number of hydrogen-bond acceptors (Lipinski definition) is 2. The van der Waals surface area contributed by atoms with Crippen LogP contribution in [0.15, 0.2) is 0 Å². The largest absolute Gasteiger partial charge is 0.325 e. The minimum atomic E-state index is 0.0789. The average Bonchev–Trinajstić information content (AvgIpc) is 3.05. The Bertz CT molecular complexity index is 323. The molecule has 2 aliphatic rings. The molecule has 1 N–H and O–H groups in total. The number of nitrogens with one attached hydrogen (secondary N) is 1. The first-order valence-electron chi connectivity index (χ1n) is 8.72. The van der Waals surface area contributed by atoms with Crippen LogP contribution >= 0.6 is 0 Å². The Kier molecular flexibility index (Phi) is 5.48. The highest BCUT2D eigenvalue weighted by Crippen LogP contribution is 2.42. The minimum Gasteiger partial charge on any atom is -0.325 e. The van der Waals surface area contributed by atoms with E-state index in [1.165, 1.54) is 38.5 Å². The summed E-state index contributed by atoms with van der Waals surface area (Å²) in [7, 11) is 0. The lowest BCUT2D eigenvalue weighted by Crippen LogP contribution is -2.43. The van der Waals surface area contributed by atoms with Crippen molar-refractivity contribution in [3.8, 4) is 0 Å². The maximum atomic E-state index is 12.7. The van der Waals surface area contributed by atoms with Crippen molar-refractivity contribution >= 4 is 5.91 Å². The molecule has 1 amide bonds. The predicted octanol–water partition coefficient (Wildman–Crippen LogP) is 3.68. The third-order valence-electron chi connectivity index (χ3n) is 5.50. The van der Waals surface area contributed by atoms with Crippen molar-refractivity contribution in [3.63, 3.8) is 0 Å². The van der Waals surface area contributed by atoms with E-state index in [0.29, 0.717) is 11.3 Å². The van der Waals surface area contributed by atoms with Gasteiger partial charge in [-0.05, 0) is 37.5 Å². The topological polar surface area (TPSA) is 32.3 Å². The van der Waals surface area contributed by atoms with Gasteiger partial charge < -0.3 is 4.90 Å². The Hall–Kier alpha value is -0.570. The monoisotopic (exact) mass is 280 g/mol. The average molecular weight is 280 g/mol. The Morgan fingerprint density at radius 3 is 2.50 bits per heavy atom. The van der Waals surface area contributed by atoms with E-state index >= 15 is 0 Å². The van der Waals surface area contributed by atoms with E-state index in [2.05, 4.69) is 31.0 Å². The molecule has 2 rings (SSSR count). The van der Waals surface area contributed by atoms with Crippen LogP contribution in [0.4, 0.5) is 0 Å². The van der Waals surface area contributed by atoms with Crippen LogP contribution < -0.4 is 5.32 Å². The van der Waals surface area contributed by atoms with Crippen molar-refractivity contribution in [2.45, 2.75) is 90.8 Å². The molecule has 0 spiro atoms. The number of rotatable bonds is 7. The normalized spacial score (nSPS) is 29.4. The maximum absolute atomic E-state index is 12.7. The zero-order chi connectivity index (χ0) is 14.6. The zero-order valence-corrected chi connectivity index (χ0v) is 13.6. The second kappa shape index (κ2) is 6.93. The molecule has 1 aliphatic carbocycles. The van der Waals surface area contributed by atoms with E-state index < -0.39 is 0 Å². The summed E-state index contributed by atoms with van der Waals surface area (Å²) in [5.74, 6) is 0.366. The summed E-state index contributed by atoms with van der Waals surface area (Å²) in [6, 6.07) is 0.0789. The lowest BCUT2D eigenvalue weighted by Gasteiger charge is -2.35. The van der Waals surface area contributed by atoms with E-state index in [-0.39, 0.29) is 12.2 Å². The molecule has 1 aliphatic heterocycles. The lowest BCUT2D eigenvalue weighted by molar-refractivity contribution is -0.131. The highest BCUT2D eigenvalue weighted by atomic mass is 16.2. The second-order valence-corrected chi connectivity index (χ2v) is 6.81. The van der Waals surface area contributed by atoms with E-state index in [1.807, 2.05) is 0 Å². The molecule has 0 aromatic carbocycles. The van der Waals surface area contributed by atoms with Gasteiger partial charge in [-0.1, -0.05) is 46.5 Å². The molecule has 1 saturated heterocycles. The van der Waals surface area contributed by atoms with Crippen LogP contribution in [0.1, 0.15) is 78.6 Å². The van der Waals surface area contributed by atoms with Crippen molar-refractivity contribution in [3.05, 3.63) is 0 Å². The van der Waals surface area contributed by atoms with Crippen LogP contribution in [-0.2, 0) is 4.79 Å². The lowest BCUT2D eigenvalue weighted by atomic mass is 9.82. The van der Waals surface area contributed by atoms with Gasteiger partial charge in [0.1, 0.15) is 0 Å². The number of unbranched alkanes of at least 4 members (excludes halogenated alkanes) is 1. The van der Waals surface area contributed by atoms with Crippen LogP contribution in [0.5, 0.6) is 0 Å². The fraction of sp³-hybridized carbons (Fsp3) is 0.941. The van der Waals surface area contributed by atoms with Crippen LogP contribution in [0.25, 0.3) is 0 Å². The number of carbonyl (C=O) groups is 1. The fourth-order valence-electron chi connectivity index (χ4n) is 4.00. The zero-order valence-electron chi connectivity index (χ0n) is 13.6. The molecular formula is C17H32N2O. The molecule has 20 heavy (non-hydrogen) atoms. The van der Waals surface area contributed by atoms with Gasteiger partial charge in [-0.3, -0.25) is 10.1 Å². The highest BCUT2D eigenvalue weighted by Gasteiger charge is 2.42. The van der Waals surface area contributed by atoms with Gasteiger partial charge in [0.25, 0.3) is 0 Å². The molecule has 0 radical (unpaired) electrons. The Morgan fingerprint density at radius 2 is 1.95 bits per heavy atom. The van der Waals surface area contributed by atoms with Crippen molar-refractivity contribution in [2.24, 2.45) is 5.41 Å². The number of amides is 1. The van der Waals surface area contributed by atoms with Gasteiger partial charge in [0.15, 0.2) is 0 Å². The highest BCUT2D eigenvalue weighted by molar-refractivity contribution is 5.84. The summed E-state index contributed by atoms with van der Waals surface area (Å²) in [6.07, 6.45) is 11.1. The predicted molar refractivity (Wildman–Crippen MR) is 83.4 cm³/mol. The molecule has 2 unspecified atom stereocenters. The van der Waals surface area contributed by atoms with Gasteiger partial charge in [0.05, 0.1) is 12.2 Å². The van der Waals surface area contributed by atoms with Crippen LogP contribution in [0, 0.1) is 5.41 Å². The van der Waals surface area contributed by atoms with Gasteiger partial charge in [-0.25, -0.2) is 0 Å². The first-order valence-corrected chi connectivity index (χ1v) is 8.72. The smallest absolute Gasteiger partial charge is 0.241 e. The van der Waals surface area contributed by atoms with Crippen LogP contribution in [0.2, 0.25) is 0 Å². The van der Waals surface area contributed by atoms with Crippen molar-refractivity contribution in [1.29, 1.82) is 0 Å². The summed E-state index contributed by atoms with van der Waals surface area (Å²) in [6.45, 7) is 7.66. The molecule has 1 saturated carbocycles. The third kappa shape index (κ3) is 3.19. The standard InChI is InChI=1S/C17H32N2O/c1-4-7-10-14-16(20)19(15(5-2)18-14)13-17(6-3)11-8-9-12-17/h14-15,18H,4-13H2,1-3H3. The van der Waals surface area contributed by atoms with E-state index in [0.717, 1.165) is 25.8 Å². The Labute approximate surface area is 124 Å². The van der Waals surface area contributed by atoms with Gasteiger partial charge in [0.2, 0.25) is 5.91 Å². The van der Waals surface area contributed by atoms with Gasteiger partial charge in [-0.15, -0.1) is 0 Å². The number of hydrogen-bond donors (Lipinski definition) is 1. The van der Waals surface area contributed by atoms with Crippen molar-refractivity contribution < 1.29 is 4.79 Å². The SMILES string of the molecule is CCCCC1NC(CC)N(CC2(CC)CCCC2)C1=O. The molecule has 116 valence electrons. The fourth-order valence-corrected chi connectivity index (χ4v) is 4.00.